The summed E-state index contributed by atoms with van der Waals surface area (Å²) >= 11 is 0. The molecule has 1 N–H and O–H groups in total. The molecular weight excluding hydrogens is 356 g/mol. The Balaban J connectivity index is 1.69. The van der Waals surface area contributed by atoms with Crippen LogP contribution in [0.3, 0.4) is 0 Å². The molecule has 8 heteroatoms. The van der Waals surface area contributed by atoms with Gasteiger partial charge in [-0.15, -0.1) is 0 Å². The summed E-state index contributed by atoms with van der Waals surface area (Å²) < 4.78 is 8.71. The highest BCUT2D eigenvalue weighted by Gasteiger charge is 2.16. The topological polar surface area (TPSA) is 97.8 Å². The third-order valence-corrected chi connectivity index (χ3v) is 4.35. The number of carbonyl (C=O) groups is 1. The van der Waals surface area contributed by atoms with Crippen molar-refractivity contribution in [3.63, 3.8) is 0 Å². The molecule has 2 aromatic heterocycles. The van der Waals surface area contributed by atoms with Gasteiger partial charge in [-0.05, 0) is 30.3 Å². The molecule has 28 heavy (non-hydrogen) atoms. The van der Waals surface area contributed by atoms with Gasteiger partial charge < -0.3 is 10.1 Å². The van der Waals surface area contributed by atoms with Crippen LogP contribution in [-0.4, -0.2) is 32.6 Å². The van der Waals surface area contributed by atoms with Crippen LogP contribution in [0.4, 0.5) is 5.69 Å². The van der Waals surface area contributed by atoms with E-state index in [0.29, 0.717) is 16.8 Å². The highest BCUT2D eigenvalue weighted by molar-refractivity contribution is 6.07. The monoisotopic (exact) mass is 372 g/mol. The van der Waals surface area contributed by atoms with Crippen LogP contribution in [0.25, 0.3) is 16.6 Å². The average molecular weight is 372 g/mol. The van der Waals surface area contributed by atoms with Crippen LogP contribution in [0, 0.1) is 11.3 Å². The first-order valence-electron chi connectivity index (χ1n) is 8.46. The van der Waals surface area contributed by atoms with E-state index in [1.807, 2.05) is 31.4 Å². The number of methoxy groups -OCH3 is 1. The summed E-state index contributed by atoms with van der Waals surface area (Å²) in [5.74, 6) is -0.107. The number of nitriles is 1. The molecular formula is C20H16N6O2. The molecule has 0 atom stereocenters. The lowest BCUT2D eigenvalue weighted by molar-refractivity contribution is 0.102. The smallest absolute Gasteiger partial charge is 0.259 e. The quantitative estimate of drug-likeness (QED) is 0.594. The Kier molecular flexibility index (Phi) is 4.26. The van der Waals surface area contributed by atoms with Crippen molar-refractivity contribution < 1.29 is 9.53 Å². The van der Waals surface area contributed by atoms with Crippen molar-refractivity contribution in [3.8, 4) is 17.5 Å². The molecule has 4 rings (SSSR count). The van der Waals surface area contributed by atoms with E-state index in [9.17, 15) is 10.1 Å². The second-order valence-corrected chi connectivity index (χ2v) is 6.15. The van der Waals surface area contributed by atoms with Crippen LogP contribution in [0.5, 0.6) is 5.75 Å². The lowest BCUT2D eigenvalue weighted by atomic mass is 10.1. The number of anilines is 1. The predicted molar refractivity (Wildman–Crippen MR) is 103 cm³/mol. The van der Waals surface area contributed by atoms with Crippen LogP contribution < -0.4 is 10.1 Å². The fourth-order valence-corrected chi connectivity index (χ4v) is 3.04. The van der Waals surface area contributed by atoms with E-state index in [0.717, 1.165) is 16.6 Å². The van der Waals surface area contributed by atoms with E-state index >= 15 is 0 Å². The van der Waals surface area contributed by atoms with E-state index in [-0.39, 0.29) is 11.7 Å². The maximum atomic E-state index is 12.8. The minimum absolute atomic E-state index is 0.254. The number of hydrogen-bond donors (Lipinski definition) is 1. The number of ether oxygens (including phenoxy) is 1. The molecule has 4 aromatic rings. The van der Waals surface area contributed by atoms with Crippen LogP contribution in [0.2, 0.25) is 0 Å². The van der Waals surface area contributed by atoms with Gasteiger partial charge in [-0.25, -0.2) is 4.68 Å². The number of carbonyl (C=O) groups excluding carboxylic acids is 1. The van der Waals surface area contributed by atoms with E-state index in [1.54, 1.807) is 46.0 Å². The van der Waals surface area contributed by atoms with Gasteiger partial charge in [-0.1, -0.05) is 6.07 Å². The highest BCUT2D eigenvalue weighted by Crippen LogP contribution is 2.26. The molecule has 0 aliphatic rings. The van der Waals surface area contributed by atoms with E-state index in [2.05, 4.69) is 15.5 Å². The Bertz CT molecular complexity index is 1230. The molecule has 138 valence electrons. The Hall–Kier alpha value is -4.12. The van der Waals surface area contributed by atoms with Gasteiger partial charge >= 0.3 is 0 Å². The number of para-hydroxylation sites is 1. The summed E-state index contributed by atoms with van der Waals surface area (Å²) in [5, 5.41) is 21.6. The van der Waals surface area contributed by atoms with Crippen molar-refractivity contribution in [2.75, 3.05) is 12.4 Å². The van der Waals surface area contributed by atoms with Gasteiger partial charge in [0.1, 0.15) is 17.5 Å². The standard InChI is InChI=1S/C20H16N6O2/c1-25-12-16(11-22-25)26-18-8-15(7-6-14(18)10-23-26)24-20(27)17-5-3-4-13(9-21)19(17)28-2/h3-8,10-12H,1-2H3,(H,24,27). The van der Waals surface area contributed by atoms with E-state index in [1.165, 1.54) is 7.11 Å². The number of fused-ring (bicyclic) bond motifs is 1. The molecule has 0 saturated carbocycles. The summed E-state index contributed by atoms with van der Waals surface area (Å²) in [6.07, 6.45) is 5.33. The summed E-state index contributed by atoms with van der Waals surface area (Å²) in [4.78, 5) is 12.8. The summed E-state index contributed by atoms with van der Waals surface area (Å²) in [6.45, 7) is 0. The molecule has 8 nitrogen and oxygen atoms in total. The molecule has 0 bridgehead atoms. The molecule has 1 amide bonds. The molecule has 0 unspecified atom stereocenters. The Morgan fingerprint density at radius 1 is 1.21 bits per heavy atom. The van der Waals surface area contributed by atoms with Gasteiger partial charge in [0.2, 0.25) is 0 Å². The number of hydrogen-bond acceptors (Lipinski definition) is 5. The molecule has 0 aliphatic carbocycles. The van der Waals surface area contributed by atoms with Gasteiger partial charge in [-0.3, -0.25) is 9.48 Å². The zero-order chi connectivity index (χ0) is 19.7. The van der Waals surface area contributed by atoms with Crippen molar-refractivity contribution in [1.82, 2.24) is 19.6 Å². The maximum absolute atomic E-state index is 12.8. The van der Waals surface area contributed by atoms with Crippen molar-refractivity contribution in [1.29, 1.82) is 5.26 Å². The van der Waals surface area contributed by atoms with E-state index < -0.39 is 0 Å². The third-order valence-electron chi connectivity index (χ3n) is 4.35. The maximum Gasteiger partial charge on any atom is 0.259 e. The van der Waals surface area contributed by atoms with Crippen LogP contribution in [0.1, 0.15) is 15.9 Å². The van der Waals surface area contributed by atoms with Gasteiger partial charge in [0.15, 0.2) is 0 Å². The number of nitrogens with zero attached hydrogens (tertiary/aromatic N) is 5. The van der Waals surface area contributed by atoms with Crippen LogP contribution in [0.15, 0.2) is 55.0 Å². The first-order valence-corrected chi connectivity index (χ1v) is 8.46. The van der Waals surface area contributed by atoms with Gasteiger partial charge in [0.05, 0.1) is 42.3 Å². The predicted octanol–water partition coefficient (Wildman–Crippen LogP) is 2.89. The third kappa shape index (κ3) is 2.95. The number of amides is 1. The Labute approximate surface area is 160 Å². The van der Waals surface area contributed by atoms with Crippen LogP contribution in [-0.2, 0) is 7.05 Å². The molecule has 2 heterocycles. The zero-order valence-electron chi connectivity index (χ0n) is 15.2. The largest absolute Gasteiger partial charge is 0.495 e. The first-order chi connectivity index (χ1) is 13.6. The molecule has 0 spiro atoms. The fourth-order valence-electron chi connectivity index (χ4n) is 3.04. The first kappa shape index (κ1) is 17.3. The fraction of sp³-hybridized carbons (Fsp3) is 0.100. The second-order valence-electron chi connectivity index (χ2n) is 6.15. The van der Waals surface area contributed by atoms with Gasteiger partial charge in [0.25, 0.3) is 5.91 Å². The number of rotatable bonds is 4. The summed E-state index contributed by atoms with van der Waals surface area (Å²) in [5.41, 5.74) is 2.86. The van der Waals surface area contributed by atoms with Gasteiger partial charge in [0, 0.05) is 18.1 Å². The minimum Gasteiger partial charge on any atom is -0.495 e. The highest BCUT2D eigenvalue weighted by atomic mass is 16.5. The zero-order valence-corrected chi connectivity index (χ0v) is 15.2. The SMILES string of the molecule is COc1c(C#N)cccc1C(=O)Nc1ccc2cnn(-c3cnn(C)c3)c2c1. The Morgan fingerprint density at radius 3 is 2.79 bits per heavy atom. The van der Waals surface area contributed by atoms with Crippen molar-refractivity contribution in [3.05, 3.63) is 66.1 Å². The van der Waals surface area contributed by atoms with Crippen LogP contribution >= 0.6 is 0 Å². The van der Waals surface area contributed by atoms with Gasteiger partial charge in [-0.2, -0.15) is 15.5 Å². The summed E-state index contributed by atoms with van der Waals surface area (Å²) in [6, 6.07) is 12.4. The normalized spacial score (nSPS) is 10.6. The number of nitrogens with one attached hydrogen (secondary N) is 1. The lowest BCUT2D eigenvalue weighted by Crippen LogP contribution is -2.13. The average Bonchev–Trinajstić information content (AvgIpc) is 3.32. The molecule has 0 fully saturated rings. The second kappa shape index (κ2) is 6.89. The molecule has 0 radical (unpaired) electrons. The van der Waals surface area contributed by atoms with E-state index in [4.69, 9.17) is 4.74 Å². The summed E-state index contributed by atoms with van der Waals surface area (Å²) in [7, 11) is 3.27. The number of aromatic nitrogens is 4. The van der Waals surface area contributed by atoms with Crippen molar-refractivity contribution >= 4 is 22.5 Å². The number of benzene rings is 2. The van der Waals surface area contributed by atoms with Crippen molar-refractivity contribution in [2.24, 2.45) is 7.05 Å². The lowest BCUT2D eigenvalue weighted by Gasteiger charge is -2.11. The molecule has 0 saturated heterocycles. The van der Waals surface area contributed by atoms with Crippen molar-refractivity contribution in [2.45, 2.75) is 0 Å². The minimum atomic E-state index is -0.360. The Morgan fingerprint density at radius 2 is 2.07 bits per heavy atom. The molecule has 2 aromatic carbocycles. The molecule has 0 aliphatic heterocycles. The number of aryl methyl sites for hydroxylation is 1.